The van der Waals surface area contributed by atoms with Gasteiger partial charge in [0.15, 0.2) is 0 Å². The molecule has 8 nitrogen and oxygen atoms in total. The Morgan fingerprint density at radius 2 is 1.91 bits per heavy atom. The molecule has 0 aliphatic carbocycles. The van der Waals surface area contributed by atoms with Crippen LogP contribution in [0.25, 0.3) is 33.3 Å². The van der Waals surface area contributed by atoms with Crippen LogP contribution < -0.4 is 11.2 Å². The third-order valence-electron chi connectivity index (χ3n) is 9.06. The zero-order valence-electron chi connectivity index (χ0n) is 26.2. The number of cyclic esters (lactones) is 1. The molecule has 0 spiro atoms. The van der Waals surface area contributed by atoms with E-state index in [2.05, 4.69) is 79.1 Å². The highest BCUT2D eigenvalue weighted by molar-refractivity contribution is 5.95. The van der Waals surface area contributed by atoms with E-state index in [0.717, 1.165) is 35.2 Å². The number of nitrogens with two attached hydrogens (primary N) is 1. The Bertz CT molecular complexity index is 1710. The monoisotopic (exact) mass is 593 g/mol. The number of hydrazine groups is 1. The van der Waals surface area contributed by atoms with E-state index in [1.54, 1.807) is 0 Å². The van der Waals surface area contributed by atoms with Gasteiger partial charge in [-0.25, -0.2) is 5.43 Å². The lowest BCUT2D eigenvalue weighted by Gasteiger charge is -2.35. The van der Waals surface area contributed by atoms with E-state index in [0.29, 0.717) is 32.2 Å². The fourth-order valence-corrected chi connectivity index (χ4v) is 6.79. The summed E-state index contributed by atoms with van der Waals surface area (Å²) in [4.78, 5) is 31.1. The molecule has 2 aromatic carbocycles. The number of carbonyl (C=O) groups excluding carboxylic acids is 2. The minimum Gasteiger partial charge on any atom is -0.464 e. The van der Waals surface area contributed by atoms with Crippen molar-refractivity contribution in [3.63, 3.8) is 0 Å². The summed E-state index contributed by atoms with van der Waals surface area (Å²) in [5, 5.41) is 2.70. The van der Waals surface area contributed by atoms with E-state index >= 15 is 0 Å². The van der Waals surface area contributed by atoms with Gasteiger partial charge < -0.3 is 15.0 Å². The Morgan fingerprint density at radius 3 is 2.70 bits per heavy atom. The first-order chi connectivity index (χ1) is 21.2. The van der Waals surface area contributed by atoms with Crippen LogP contribution in [0.5, 0.6) is 0 Å². The van der Waals surface area contributed by atoms with Crippen LogP contribution in [0.2, 0.25) is 0 Å². The lowest BCUT2D eigenvalue weighted by atomic mass is 9.84. The molecule has 2 aromatic heterocycles. The average Bonchev–Trinajstić information content (AvgIpc) is 3.34. The number of rotatable bonds is 3. The van der Waals surface area contributed by atoms with Crippen molar-refractivity contribution in [1.29, 1.82) is 0 Å². The third kappa shape index (κ3) is 5.76. The second-order valence-corrected chi connectivity index (χ2v) is 13.0. The molecule has 0 saturated carbocycles. The number of aromatic nitrogens is 2. The fraction of sp³-hybridized carbons (Fsp3) is 0.417. The summed E-state index contributed by atoms with van der Waals surface area (Å²) in [6.45, 7) is 10.2. The molecule has 2 aliphatic rings. The number of ether oxygens (including phenoxy) is 1. The second-order valence-electron chi connectivity index (χ2n) is 13.0. The van der Waals surface area contributed by atoms with Crippen LogP contribution in [0, 0.1) is 5.41 Å². The van der Waals surface area contributed by atoms with Crippen molar-refractivity contribution in [2.24, 2.45) is 11.1 Å². The average molecular weight is 594 g/mol. The summed E-state index contributed by atoms with van der Waals surface area (Å²) in [6.07, 6.45) is 7.18. The van der Waals surface area contributed by atoms with Crippen molar-refractivity contribution < 1.29 is 14.3 Å². The Labute approximate surface area is 259 Å². The minimum atomic E-state index is -0.729. The summed E-state index contributed by atoms with van der Waals surface area (Å²) >= 11 is 0. The van der Waals surface area contributed by atoms with E-state index in [9.17, 15) is 9.59 Å². The molecule has 3 N–H and O–H groups in total. The van der Waals surface area contributed by atoms with Crippen molar-refractivity contribution >= 4 is 22.8 Å². The van der Waals surface area contributed by atoms with Gasteiger partial charge in [0.1, 0.15) is 6.04 Å². The normalized spacial score (nSPS) is 20.8. The number of aryl methyl sites for hydroxylation is 2. The molecule has 1 fully saturated rings. The van der Waals surface area contributed by atoms with E-state index in [4.69, 9.17) is 10.5 Å². The van der Waals surface area contributed by atoms with Gasteiger partial charge in [-0.15, -0.1) is 0 Å². The maximum Gasteiger partial charge on any atom is 0.324 e. The lowest BCUT2D eigenvalue weighted by molar-refractivity contribution is -0.154. The topological polar surface area (TPSA) is 102 Å². The van der Waals surface area contributed by atoms with Gasteiger partial charge in [-0.3, -0.25) is 19.6 Å². The first-order valence-corrected chi connectivity index (χ1v) is 15.9. The maximum absolute atomic E-state index is 13.3. The number of hydrogen-bond donors (Lipinski definition) is 2. The summed E-state index contributed by atoms with van der Waals surface area (Å²) in [6, 6.07) is 15.8. The van der Waals surface area contributed by atoms with Crippen LogP contribution in [0.15, 0.2) is 60.9 Å². The number of nitrogens with one attached hydrogen (secondary N) is 1. The SMILES string of the molecule is CCc1ccncc1-c1c2c3cc(ccc3n1CC)-c1cccc(c1)C[C@H](N)C(=O)N1CCC[C@H](N1)C(=O)OCC(C)(C)C2. The van der Waals surface area contributed by atoms with Crippen molar-refractivity contribution in [3.05, 3.63) is 77.6 Å². The summed E-state index contributed by atoms with van der Waals surface area (Å²) in [7, 11) is 0. The number of fused-ring (bicyclic) bond motifs is 6. The van der Waals surface area contributed by atoms with Gasteiger partial charge >= 0.3 is 5.97 Å². The smallest absolute Gasteiger partial charge is 0.324 e. The van der Waals surface area contributed by atoms with Crippen LogP contribution in [0.3, 0.4) is 0 Å². The standard InChI is InChI=1S/C36H43N5O3/c1-5-24-14-15-38-21-29(24)33-28-20-36(3,4)22-44-35(43)31-11-8-16-41(39-31)34(42)30(37)18-23-9-7-10-25(17-23)26-12-13-32(27(28)19-26)40(33)6-2/h7,9-10,12-15,17,19,21,30-31,39H,5-6,8,11,16,18,20,22,37H2,1-4H3/t30-,31-/m0/s1. The molecular formula is C36H43N5O3. The van der Waals surface area contributed by atoms with E-state index in [-0.39, 0.29) is 23.9 Å². The summed E-state index contributed by atoms with van der Waals surface area (Å²) in [5.41, 5.74) is 18.4. The van der Waals surface area contributed by atoms with Crippen LogP contribution in [-0.4, -0.2) is 51.7 Å². The zero-order chi connectivity index (χ0) is 31.0. The van der Waals surface area contributed by atoms with Gasteiger partial charge in [0, 0.05) is 47.4 Å². The molecule has 2 aliphatic heterocycles. The van der Waals surface area contributed by atoms with Crippen LogP contribution in [-0.2, 0) is 40.1 Å². The number of hydrogen-bond acceptors (Lipinski definition) is 6. The third-order valence-corrected chi connectivity index (χ3v) is 9.06. The van der Waals surface area contributed by atoms with Gasteiger partial charge in [-0.1, -0.05) is 51.1 Å². The van der Waals surface area contributed by atoms with Crippen LogP contribution >= 0.6 is 0 Å². The number of benzene rings is 2. The molecule has 2 atom stereocenters. The van der Waals surface area contributed by atoms with Crippen LogP contribution in [0.4, 0.5) is 0 Å². The van der Waals surface area contributed by atoms with Gasteiger partial charge in [0.05, 0.1) is 18.3 Å². The molecule has 6 rings (SSSR count). The number of nitrogens with zero attached hydrogens (tertiary/aromatic N) is 3. The van der Waals surface area contributed by atoms with Gasteiger partial charge in [-0.05, 0) is 85.0 Å². The molecule has 4 heterocycles. The highest BCUT2D eigenvalue weighted by Gasteiger charge is 2.33. The summed E-state index contributed by atoms with van der Waals surface area (Å²) in [5.74, 6) is -0.548. The Morgan fingerprint density at radius 1 is 1.09 bits per heavy atom. The molecule has 230 valence electrons. The Hall–Kier alpha value is -4.01. The minimum absolute atomic E-state index is 0.212. The highest BCUT2D eigenvalue weighted by atomic mass is 16.5. The highest BCUT2D eigenvalue weighted by Crippen LogP contribution is 2.41. The zero-order valence-corrected chi connectivity index (χ0v) is 26.2. The van der Waals surface area contributed by atoms with Crippen molar-refractivity contribution in [2.45, 2.75) is 78.4 Å². The Kier molecular flexibility index (Phi) is 8.31. The molecule has 0 radical (unpaired) electrons. The first-order valence-electron chi connectivity index (χ1n) is 15.9. The van der Waals surface area contributed by atoms with Crippen molar-refractivity contribution in [2.75, 3.05) is 13.2 Å². The quantitative estimate of drug-likeness (QED) is 0.307. The molecule has 0 unspecified atom stereocenters. The number of amides is 1. The molecule has 4 aromatic rings. The molecule has 6 bridgehead atoms. The van der Waals surface area contributed by atoms with Crippen LogP contribution in [0.1, 0.15) is 57.2 Å². The second kappa shape index (κ2) is 12.2. The number of esters is 1. The van der Waals surface area contributed by atoms with Crippen molar-refractivity contribution in [1.82, 2.24) is 20.0 Å². The van der Waals surface area contributed by atoms with Gasteiger partial charge in [0.25, 0.3) is 5.91 Å². The number of carbonyl (C=O) groups is 2. The van der Waals surface area contributed by atoms with Gasteiger partial charge in [0.2, 0.25) is 0 Å². The van der Waals surface area contributed by atoms with Crippen molar-refractivity contribution in [3.8, 4) is 22.4 Å². The maximum atomic E-state index is 13.3. The van der Waals surface area contributed by atoms with E-state index < -0.39 is 12.1 Å². The molecular weight excluding hydrogens is 550 g/mol. The van der Waals surface area contributed by atoms with Gasteiger partial charge in [-0.2, -0.15) is 0 Å². The molecule has 1 saturated heterocycles. The fourth-order valence-electron chi connectivity index (χ4n) is 6.79. The van der Waals surface area contributed by atoms with E-state index in [1.807, 2.05) is 24.5 Å². The lowest BCUT2D eigenvalue weighted by Crippen LogP contribution is -2.59. The van der Waals surface area contributed by atoms with E-state index in [1.165, 1.54) is 32.7 Å². The largest absolute Gasteiger partial charge is 0.464 e. The molecule has 1 amide bonds. The number of pyridine rings is 1. The molecule has 44 heavy (non-hydrogen) atoms. The first kappa shape index (κ1) is 30.0. The Balaban J connectivity index is 1.53. The molecule has 8 heteroatoms. The predicted octanol–water partition coefficient (Wildman–Crippen LogP) is 5.44. The predicted molar refractivity (Wildman–Crippen MR) is 174 cm³/mol. The summed E-state index contributed by atoms with van der Waals surface area (Å²) < 4.78 is 8.37.